The molecule has 130 valence electrons. The Morgan fingerprint density at radius 2 is 1.96 bits per heavy atom. The number of hydrogen-bond donors (Lipinski definition) is 2. The zero-order valence-electron chi connectivity index (χ0n) is 13.2. The van der Waals surface area contributed by atoms with Crippen LogP contribution in [0, 0.1) is 0 Å². The maximum Gasteiger partial charge on any atom is 0.416 e. The second-order valence-electron chi connectivity index (χ2n) is 5.31. The van der Waals surface area contributed by atoms with Gasteiger partial charge < -0.3 is 15.5 Å². The van der Waals surface area contributed by atoms with Gasteiger partial charge >= 0.3 is 6.18 Å². The van der Waals surface area contributed by atoms with E-state index in [1.807, 2.05) is 19.0 Å². The summed E-state index contributed by atoms with van der Waals surface area (Å²) < 4.78 is 38.4. The summed E-state index contributed by atoms with van der Waals surface area (Å²) in [4.78, 5) is 10.3. The number of alkyl halides is 3. The molecular weight excluding hydrogens is 343 g/mol. The van der Waals surface area contributed by atoms with E-state index in [-0.39, 0.29) is 10.7 Å². The normalized spacial score (nSPS) is 11.6. The Kier molecular flexibility index (Phi) is 5.84. The molecule has 0 saturated heterocycles. The van der Waals surface area contributed by atoms with Crippen molar-refractivity contribution in [3.05, 3.63) is 41.0 Å². The first-order valence-corrected chi connectivity index (χ1v) is 7.49. The van der Waals surface area contributed by atoms with Crippen molar-refractivity contribution in [3.8, 4) is 0 Å². The Balaban J connectivity index is 2.13. The summed E-state index contributed by atoms with van der Waals surface area (Å²) in [6.45, 7) is 1.43. The first-order chi connectivity index (χ1) is 11.3. The summed E-state index contributed by atoms with van der Waals surface area (Å²) in [7, 11) is 3.88. The molecule has 1 aromatic heterocycles. The van der Waals surface area contributed by atoms with E-state index >= 15 is 0 Å². The maximum absolute atomic E-state index is 12.8. The minimum absolute atomic E-state index is 0.129. The highest BCUT2D eigenvalue weighted by Crippen LogP contribution is 2.34. The molecule has 5 nitrogen and oxygen atoms in total. The van der Waals surface area contributed by atoms with Gasteiger partial charge in [0.1, 0.15) is 5.82 Å². The lowest BCUT2D eigenvalue weighted by atomic mass is 10.2. The van der Waals surface area contributed by atoms with Gasteiger partial charge in [0, 0.05) is 19.3 Å². The molecule has 2 rings (SSSR count). The summed E-state index contributed by atoms with van der Waals surface area (Å²) >= 11 is 5.96. The summed E-state index contributed by atoms with van der Waals surface area (Å²) in [5, 5.41) is 6.00. The predicted molar refractivity (Wildman–Crippen MR) is 88.8 cm³/mol. The first-order valence-electron chi connectivity index (χ1n) is 7.11. The van der Waals surface area contributed by atoms with E-state index in [0.29, 0.717) is 18.3 Å². The molecule has 0 aliphatic rings. The zero-order valence-corrected chi connectivity index (χ0v) is 13.9. The van der Waals surface area contributed by atoms with Crippen LogP contribution in [0.5, 0.6) is 0 Å². The molecule has 0 bridgehead atoms. The van der Waals surface area contributed by atoms with Gasteiger partial charge in [-0.2, -0.15) is 18.2 Å². The molecule has 0 radical (unpaired) electrons. The van der Waals surface area contributed by atoms with Crippen molar-refractivity contribution >= 4 is 29.1 Å². The van der Waals surface area contributed by atoms with E-state index in [0.717, 1.165) is 18.7 Å². The number of nitrogens with one attached hydrogen (secondary N) is 2. The quantitative estimate of drug-likeness (QED) is 0.820. The van der Waals surface area contributed by atoms with Crippen molar-refractivity contribution in [2.45, 2.75) is 6.18 Å². The van der Waals surface area contributed by atoms with E-state index in [9.17, 15) is 13.2 Å². The molecule has 0 aliphatic carbocycles. The number of likely N-dealkylation sites (N-methyl/N-ethyl adjacent to an activating group) is 1. The molecule has 0 fully saturated rings. The van der Waals surface area contributed by atoms with Gasteiger partial charge in [-0.1, -0.05) is 11.6 Å². The third kappa shape index (κ3) is 5.24. The van der Waals surface area contributed by atoms with Crippen LogP contribution in [0.1, 0.15) is 5.56 Å². The molecule has 0 aliphatic heterocycles. The Morgan fingerprint density at radius 3 is 2.62 bits per heavy atom. The van der Waals surface area contributed by atoms with Crippen LogP contribution in [0.4, 0.5) is 30.6 Å². The number of aromatic nitrogens is 2. The minimum Gasteiger partial charge on any atom is -0.353 e. The molecular formula is C15H17ClF3N5. The van der Waals surface area contributed by atoms with Crippen molar-refractivity contribution in [2.24, 2.45) is 0 Å². The molecule has 2 N–H and O–H groups in total. The highest BCUT2D eigenvalue weighted by atomic mass is 35.5. The van der Waals surface area contributed by atoms with E-state index in [2.05, 4.69) is 20.6 Å². The van der Waals surface area contributed by atoms with Crippen molar-refractivity contribution < 1.29 is 13.2 Å². The number of hydrogen-bond acceptors (Lipinski definition) is 5. The van der Waals surface area contributed by atoms with Crippen LogP contribution in [0.15, 0.2) is 30.5 Å². The van der Waals surface area contributed by atoms with Gasteiger partial charge in [-0.25, -0.2) is 4.98 Å². The van der Waals surface area contributed by atoms with Gasteiger partial charge in [0.2, 0.25) is 5.95 Å². The largest absolute Gasteiger partial charge is 0.416 e. The lowest BCUT2D eigenvalue weighted by Gasteiger charge is -2.13. The van der Waals surface area contributed by atoms with Crippen molar-refractivity contribution in [1.82, 2.24) is 14.9 Å². The van der Waals surface area contributed by atoms with Crippen LogP contribution in [0.3, 0.4) is 0 Å². The SMILES string of the molecule is CN(C)CCNc1nccc(Nc2cc(C(F)(F)F)ccc2Cl)n1. The molecule has 0 amide bonds. The Bertz CT molecular complexity index is 691. The number of nitrogens with zero attached hydrogens (tertiary/aromatic N) is 3. The molecule has 1 aromatic carbocycles. The highest BCUT2D eigenvalue weighted by Gasteiger charge is 2.31. The van der Waals surface area contributed by atoms with Crippen LogP contribution >= 0.6 is 11.6 Å². The van der Waals surface area contributed by atoms with Gasteiger partial charge in [0.15, 0.2) is 0 Å². The van der Waals surface area contributed by atoms with Gasteiger partial charge in [-0.15, -0.1) is 0 Å². The van der Waals surface area contributed by atoms with Gasteiger partial charge in [0.25, 0.3) is 0 Å². The van der Waals surface area contributed by atoms with Gasteiger partial charge in [-0.3, -0.25) is 0 Å². The smallest absolute Gasteiger partial charge is 0.353 e. The predicted octanol–water partition coefficient (Wildman–Crippen LogP) is 3.87. The lowest BCUT2D eigenvalue weighted by molar-refractivity contribution is -0.137. The summed E-state index contributed by atoms with van der Waals surface area (Å²) in [6.07, 6.45) is -2.93. The molecule has 9 heteroatoms. The Labute approximate surface area is 142 Å². The van der Waals surface area contributed by atoms with Gasteiger partial charge in [-0.05, 0) is 38.4 Å². The first kappa shape index (κ1) is 18.3. The summed E-state index contributed by atoms with van der Waals surface area (Å²) in [6, 6.07) is 4.63. The van der Waals surface area contributed by atoms with E-state index in [1.54, 1.807) is 6.07 Å². The van der Waals surface area contributed by atoms with Crippen LogP contribution in [-0.4, -0.2) is 42.1 Å². The number of anilines is 3. The monoisotopic (exact) mass is 359 g/mol. The molecule has 0 atom stereocenters. The van der Waals surface area contributed by atoms with E-state index in [4.69, 9.17) is 11.6 Å². The standard InChI is InChI=1S/C15H17ClF3N5/c1-24(2)8-7-21-14-20-6-5-13(23-14)22-12-9-10(15(17,18)19)3-4-11(12)16/h3-6,9H,7-8H2,1-2H3,(H2,20,21,22,23). The second kappa shape index (κ2) is 7.67. The Hall–Kier alpha value is -2.06. The average Bonchev–Trinajstić information content (AvgIpc) is 2.48. The van der Waals surface area contributed by atoms with E-state index < -0.39 is 11.7 Å². The van der Waals surface area contributed by atoms with E-state index in [1.165, 1.54) is 12.3 Å². The fourth-order valence-electron chi connectivity index (χ4n) is 1.84. The fraction of sp³-hybridized carbons (Fsp3) is 0.333. The fourth-order valence-corrected chi connectivity index (χ4v) is 2.00. The molecule has 1 heterocycles. The molecule has 0 unspecified atom stereocenters. The summed E-state index contributed by atoms with van der Waals surface area (Å²) in [5.41, 5.74) is -0.655. The molecule has 24 heavy (non-hydrogen) atoms. The number of rotatable bonds is 6. The minimum atomic E-state index is -4.44. The van der Waals surface area contributed by atoms with Crippen LogP contribution in [-0.2, 0) is 6.18 Å². The topological polar surface area (TPSA) is 53.1 Å². The molecule has 0 spiro atoms. The van der Waals surface area contributed by atoms with Crippen LogP contribution in [0.25, 0.3) is 0 Å². The van der Waals surface area contributed by atoms with Crippen molar-refractivity contribution in [1.29, 1.82) is 0 Å². The van der Waals surface area contributed by atoms with Crippen molar-refractivity contribution in [3.63, 3.8) is 0 Å². The highest BCUT2D eigenvalue weighted by molar-refractivity contribution is 6.33. The summed E-state index contributed by atoms with van der Waals surface area (Å²) in [5.74, 6) is 0.725. The maximum atomic E-state index is 12.8. The molecule has 2 aromatic rings. The Morgan fingerprint density at radius 1 is 1.21 bits per heavy atom. The lowest BCUT2D eigenvalue weighted by Crippen LogP contribution is -2.21. The van der Waals surface area contributed by atoms with Crippen LogP contribution < -0.4 is 10.6 Å². The molecule has 0 saturated carbocycles. The average molecular weight is 360 g/mol. The number of halogens is 4. The number of benzene rings is 1. The third-order valence-corrected chi connectivity index (χ3v) is 3.38. The second-order valence-corrected chi connectivity index (χ2v) is 5.72. The van der Waals surface area contributed by atoms with Gasteiger partial charge in [0.05, 0.1) is 16.3 Å². The zero-order chi connectivity index (χ0) is 17.7. The van der Waals surface area contributed by atoms with Crippen LogP contribution in [0.2, 0.25) is 5.02 Å². The third-order valence-electron chi connectivity index (χ3n) is 3.05. The van der Waals surface area contributed by atoms with Crippen molar-refractivity contribution in [2.75, 3.05) is 37.8 Å².